The second-order valence-electron chi connectivity index (χ2n) is 6.07. The number of oxime groups is 1. The molecule has 0 unspecified atom stereocenters. The summed E-state index contributed by atoms with van der Waals surface area (Å²) in [5.41, 5.74) is 0.131. The molecule has 0 aliphatic carbocycles. The van der Waals surface area contributed by atoms with Gasteiger partial charge >= 0.3 is 6.09 Å². The zero-order valence-corrected chi connectivity index (χ0v) is 18.9. The van der Waals surface area contributed by atoms with Crippen molar-refractivity contribution in [2.24, 2.45) is 5.16 Å². The molecule has 14 heteroatoms. The van der Waals surface area contributed by atoms with E-state index in [0.29, 0.717) is 3.57 Å². The van der Waals surface area contributed by atoms with Crippen molar-refractivity contribution in [2.75, 3.05) is 31.7 Å². The molecule has 2 rings (SSSR count). The Labute approximate surface area is 198 Å². The third-order valence-electron chi connectivity index (χ3n) is 3.76. The number of benzene rings is 2. The third-order valence-corrected chi connectivity index (χ3v) is 4.44. The molecule has 178 valence electrons. The minimum atomic E-state index is -1.50. The van der Waals surface area contributed by atoms with E-state index >= 15 is 0 Å². The van der Waals surface area contributed by atoms with E-state index in [-0.39, 0.29) is 25.4 Å². The molecule has 0 bridgehead atoms. The maximum atomic E-state index is 14.9. The number of carboxylic acid groups (broad SMARTS) is 1. The molecule has 10 nitrogen and oxygen atoms in total. The van der Waals surface area contributed by atoms with Gasteiger partial charge in [0, 0.05) is 9.13 Å². The van der Waals surface area contributed by atoms with Crippen molar-refractivity contribution < 1.29 is 42.6 Å². The first-order valence-electron chi connectivity index (χ1n) is 9.13. The predicted molar refractivity (Wildman–Crippen MR) is 119 cm³/mol. The van der Waals surface area contributed by atoms with Crippen molar-refractivity contribution >= 4 is 52.2 Å². The minimum absolute atomic E-state index is 0.107. The van der Waals surface area contributed by atoms with Gasteiger partial charge in [-0.25, -0.2) is 23.4 Å². The molecule has 0 radical (unpaired) electrons. The lowest BCUT2D eigenvalue weighted by atomic mass is 10.1. The van der Waals surface area contributed by atoms with Crippen LogP contribution in [0.1, 0.15) is 15.9 Å². The zero-order chi connectivity index (χ0) is 24.4. The number of carbonyl (C=O) groups excluding carboxylic acids is 1. The Hall–Kier alpha value is -3.11. The third kappa shape index (κ3) is 7.76. The van der Waals surface area contributed by atoms with Crippen molar-refractivity contribution in [3.8, 4) is 0 Å². The van der Waals surface area contributed by atoms with Gasteiger partial charge < -0.3 is 25.7 Å². The van der Waals surface area contributed by atoms with Crippen LogP contribution in [0.2, 0.25) is 0 Å². The van der Waals surface area contributed by atoms with E-state index in [0.717, 1.165) is 18.3 Å². The number of anilines is 2. The number of rotatable bonds is 11. The highest BCUT2D eigenvalue weighted by atomic mass is 127. The highest BCUT2D eigenvalue weighted by Crippen LogP contribution is 2.30. The Morgan fingerprint density at radius 2 is 1.91 bits per heavy atom. The van der Waals surface area contributed by atoms with E-state index in [4.69, 9.17) is 19.9 Å². The maximum absolute atomic E-state index is 14.9. The number of nitrogens with one attached hydrogen (secondary N) is 3. The minimum Gasteiger partial charge on any atom is -0.465 e. The van der Waals surface area contributed by atoms with E-state index in [1.807, 2.05) is 33.4 Å². The largest absolute Gasteiger partial charge is 0.465 e. The van der Waals surface area contributed by atoms with Gasteiger partial charge in [0.2, 0.25) is 0 Å². The lowest BCUT2D eigenvalue weighted by Crippen LogP contribution is -2.26. The summed E-state index contributed by atoms with van der Waals surface area (Å²) in [6.45, 7) is -0.982. The summed E-state index contributed by atoms with van der Waals surface area (Å²) < 4.78 is 44.3. The first-order chi connectivity index (χ1) is 15.7. The van der Waals surface area contributed by atoms with Crippen LogP contribution in [0.15, 0.2) is 29.4 Å². The van der Waals surface area contributed by atoms with Gasteiger partial charge in [0.1, 0.15) is 12.4 Å². The molecule has 0 atom stereocenters. The average Bonchev–Trinajstić information content (AvgIpc) is 2.76. The van der Waals surface area contributed by atoms with Gasteiger partial charge in [-0.15, -0.1) is 0 Å². The fourth-order valence-electron chi connectivity index (χ4n) is 2.33. The number of aliphatic hydroxyl groups is 1. The van der Waals surface area contributed by atoms with E-state index in [9.17, 15) is 22.8 Å². The molecule has 2 amide bonds. The molecule has 5 N–H and O–H groups in total. The van der Waals surface area contributed by atoms with Gasteiger partial charge in [0.15, 0.2) is 11.6 Å². The van der Waals surface area contributed by atoms with Crippen LogP contribution in [-0.4, -0.2) is 54.8 Å². The van der Waals surface area contributed by atoms with Crippen LogP contribution in [0.3, 0.4) is 0 Å². The van der Waals surface area contributed by atoms with Gasteiger partial charge in [-0.05, 0) is 46.9 Å². The van der Waals surface area contributed by atoms with Crippen molar-refractivity contribution in [3.63, 3.8) is 0 Å². The Morgan fingerprint density at radius 3 is 2.58 bits per heavy atom. The number of hydrogen-bond donors (Lipinski definition) is 5. The van der Waals surface area contributed by atoms with Crippen molar-refractivity contribution in [1.82, 2.24) is 10.8 Å². The van der Waals surface area contributed by atoms with Crippen LogP contribution in [0.25, 0.3) is 0 Å². The van der Waals surface area contributed by atoms with E-state index in [1.165, 1.54) is 12.1 Å². The second-order valence-corrected chi connectivity index (χ2v) is 7.31. The van der Waals surface area contributed by atoms with Gasteiger partial charge in [-0.1, -0.05) is 5.16 Å². The Balaban J connectivity index is 2.35. The second kappa shape index (κ2) is 12.8. The number of hydrogen-bond acceptors (Lipinski definition) is 7. The first kappa shape index (κ1) is 26.1. The van der Waals surface area contributed by atoms with Crippen molar-refractivity contribution in [2.45, 2.75) is 0 Å². The van der Waals surface area contributed by atoms with Crippen LogP contribution >= 0.6 is 22.6 Å². The summed E-state index contributed by atoms with van der Waals surface area (Å²) >= 11 is 1.87. The first-order valence-corrected chi connectivity index (χ1v) is 10.2. The van der Waals surface area contributed by atoms with Crippen LogP contribution in [-0.2, 0) is 9.68 Å². The maximum Gasteiger partial charge on any atom is 0.404 e. The highest BCUT2D eigenvalue weighted by Gasteiger charge is 2.23. The van der Waals surface area contributed by atoms with Gasteiger partial charge in [0.25, 0.3) is 5.91 Å². The van der Waals surface area contributed by atoms with Gasteiger partial charge in [-0.2, -0.15) is 0 Å². The molecular formula is C19H18F3IN4O6. The Morgan fingerprint density at radius 1 is 1.15 bits per heavy atom. The van der Waals surface area contributed by atoms with Crippen LogP contribution < -0.4 is 16.1 Å². The average molecular weight is 582 g/mol. The molecule has 0 aliphatic rings. The molecule has 0 aromatic heterocycles. The fourth-order valence-corrected chi connectivity index (χ4v) is 2.79. The molecule has 0 heterocycles. The fraction of sp³-hybridized carbons (Fsp3) is 0.211. The van der Waals surface area contributed by atoms with Crippen molar-refractivity contribution in [1.29, 1.82) is 0 Å². The topological polar surface area (TPSA) is 142 Å². The zero-order valence-electron chi connectivity index (χ0n) is 16.7. The number of carbonyl (C=O) groups is 2. The normalized spacial score (nSPS) is 10.8. The summed E-state index contributed by atoms with van der Waals surface area (Å²) in [6.07, 6.45) is -0.498. The number of nitrogens with zero attached hydrogens (tertiary/aromatic N) is 1. The summed E-state index contributed by atoms with van der Waals surface area (Å²) in [5.74, 6) is -4.69. The monoisotopic (exact) mass is 582 g/mol. The Bertz CT molecular complexity index is 1040. The molecule has 2 aromatic rings. The molecule has 0 spiro atoms. The van der Waals surface area contributed by atoms with E-state index in [1.54, 1.807) is 0 Å². The van der Waals surface area contributed by atoms with Gasteiger partial charge in [-0.3, -0.25) is 9.63 Å². The Kier molecular flexibility index (Phi) is 10.1. The summed E-state index contributed by atoms with van der Waals surface area (Å²) in [4.78, 5) is 32.3. The van der Waals surface area contributed by atoms with E-state index < -0.39 is 52.9 Å². The highest BCUT2D eigenvalue weighted by molar-refractivity contribution is 14.1. The van der Waals surface area contributed by atoms with Crippen molar-refractivity contribution in [3.05, 3.63) is 56.4 Å². The number of aliphatic hydroxyl groups excluding tert-OH is 1. The van der Waals surface area contributed by atoms with E-state index in [2.05, 4.69) is 10.5 Å². The molecule has 2 aromatic carbocycles. The van der Waals surface area contributed by atoms with Crippen LogP contribution in [0, 0.1) is 21.0 Å². The van der Waals surface area contributed by atoms with Crippen LogP contribution in [0.5, 0.6) is 0 Å². The smallest absolute Gasteiger partial charge is 0.404 e. The summed E-state index contributed by atoms with van der Waals surface area (Å²) in [7, 11) is 0. The number of hydroxylamine groups is 1. The standard InChI is InChI=1S/C19H18F3IN4O6/c20-13-8-11(23)1-2-14(13)26-17-12(18(29)27-33-6-4-28)7-10(15(21)16(17)22)9-25-32-5-3-24-19(30)31/h1-2,7-9,24,26,28H,3-6H2,(H,27,29)(H,30,31)/b25-9+. The lowest BCUT2D eigenvalue weighted by molar-refractivity contribution is 0.0168. The van der Waals surface area contributed by atoms with Crippen LogP contribution in [0.4, 0.5) is 29.3 Å². The SMILES string of the molecule is O=C(O)NCCO/N=C/c1cc(C(=O)NOCCO)c(Nc2ccc(I)cc2F)c(F)c1F. The molecular weight excluding hydrogens is 564 g/mol. The predicted octanol–water partition coefficient (Wildman–Crippen LogP) is 2.72. The molecule has 0 saturated heterocycles. The molecule has 0 saturated carbocycles. The molecule has 0 aliphatic heterocycles. The molecule has 33 heavy (non-hydrogen) atoms. The summed E-state index contributed by atoms with van der Waals surface area (Å²) in [5, 5.41) is 25.0. The summed E-state index contributed by atoms with van der Waals surface area (Å²) in [6, 6.07) is 4.87. The molecule has 0 fully saturated rings. The lowest BCUT2D eigenvalue weighted by Gasteiger charge is -2.15. The number of amides is 2. The quantitative estimate of drug-likeness (QED) is 0.119. The number of halogens is 4. The van der Waals surface area contributed by atoms with Gasteiger partial charge in [0.05, 0.1) is 42.9 Å².